The van der Waals surface area contributed by atoms with Crippen LogP contribution in [0.15, 0.2) is 16.6 Å². The number of hydrogen-bond donors (Lipinski definition) is 2. The van der Waals surface area contributed by atoms with Gasteiger partial charge in [0.1, 0.15) is 11.6 Å². The molecule has 0 amide bonds. The summed E-state index contributed by atoms with van der Waals surface area (Å²) in [5, 5.41) is 3.36. The lowest BCUT2D eigenvalue weighted by molar-refractivity contribution is 0.614. The Morgan fingerprint density at radius 2 is 2.31 bits per heavy atom. The first-order chi connectivity index (χ1) is 7.74. The van der Waals surface area contributed by atoms with E-state index in [4.69, 9.17) is 0 Å². The fourth-order valence-electron chi connectivity index (χ4n) is 2.11. The van der Waals surface area contributed by atoms with Gasteiger partial charge in [0.25, 0.3) is 0 Å². The Labute approximate surface area is 101 Å². The van der Waals surface area contributed by atoms with Crippen molar-refractivity contribution < 1.29 is 4.39 Å². The van der Waals surface area contributed by atoms with Gasteiger partial charge in [-0.05, 0) is 41.4 Å². The highest BCUT2D eigenvalue weighted by Crippen LogP contribution is 2.26. The molecule has 2 aromatic rings. The molecule has 0 bridgehead atoms. The summed E-state index contributed by atoms with van der Waals surface area (Å²) in [4.78, 5) is 7.65. The van der Waals surface area contributed by atoms with Crippen LogP contribution < -0.4 is 5.32 Å². The molecule has 5 heteroatoms. The number of H-pyrrole nitrogens is 1. The average molecular weight is 284 g/mol. The van der Waals surface area contributed by atoms with Crippen LogP contribution in [-0.4, -0.2) is 16.5 Å². The summed E-state index contributed by atoms with van der Waals surface area (Å²) in [6.45, 7) is 1.03. The van der Waals surface area contributed by atoms with Crippen molar-refractivity contribution >= 4 is 27.0 Å². The number of halogens is 2. The first kappa shape index (κ1) is 10.2. The van der Waals surface area contributed by atoms with Gasteiger partial charge in [-0.1, -0.05) is 0 Å². The first-order valence-corrected chi connectivity index (χ1v) is 6.11. The van der Waals surface area contributed by atoms with Gasteiger partial charge in [0.05, 0.1) is 21.5 Å². The van der Waals surface area contributed by atoms with Crippen LogP contribution in [0.25, 0.3) is 11.0 Å². The van der Waals surface area contributed by atoms with Crippen molar-refractivity contribution in [1.29, 1.82) is 0 Å². The minimum atomic E-state index is -0.273. The fourth-order valence-corrected chi connectivity index (χ4v) is 2.45. The quantitative estimate of drug-likeness (QED) is 0.845. The molecule has 1 saturated heterocycles. The predicted octanol–water partition coefficient (Wildman–Crippen LogP) is 2.89. The second-order valence-electron chi connectivity index (χ2n) is 4.05. The number of fused-ring (bicyclic) bond motifs is 1. The van der Waals surface area contributed by atoms with Gasteiger partial charge in [0.2, 0.25) is 0 Å². The van der Waals surface area contributed by atoms with Crippen LogP contribution in [0.2, 0.25) is 0 Å². The van der Waals surface area contributed by atoms with Gasteiger partial charge in [-0.15, -0.1) is 0 Å². The number of imidazole rings is 1. The lowest BCUT2D eigenvalue weighted by atomic mass is 10.2. The third-order valence-electron chi connectivity index (χ3n) is 2.93. The van der Waals surface area contributed by atoms with Crippen molar-refractivity contribution in [1.82, 2.24) is 15.3 Å². The maximum atomic E-state index is 13.3. The Morgan fingerprint density at radius 3 is 3.06 bits per heavy atom. The largest absolute Gasteiger partial charge is 0.341 e. The van der Waals surface area contributed by atoms with E-state index in [0.717, 1.165) is 24.3 Å². The lowest BCUT2D eigenvalue weighted by Gasteiger charge is -2.04. The van der Waals surface area contributed by atoms with Crippen molar-refractivity contribution in [3.63, 3.8) is 0 Å². The van der Waals surface area contributed by atoms with Crippen LogP contribution in [0.1, 0.15) is 24.7 Å². The van der Waals surface area contributed by atoms with Crippen molar-refractivity contribution in [2.24, 2.45) is 0 Å². The molecule has 1 unspecified atom stereocenters. The summed E-state index contributed by atoms with van der Waals surface area (Å²) in [5.41, 5.74) is 1.56. The molecule has 16 heavy (non-hydrogen) atoms. The highest BCUT2D eigenvalue weighted by molar-refractivity contribution is 9.10. The summed E-state index contributed by atoms with van der Waals surface area (Å²) >= 11 is 3.17. The molecule has 0 saturated carbocycles. The average Bonchev–Trinajstić information content (AvgIpc) is 2.86. The number of hydrogen-bond acceptors (Lipinski definition) is 2. The number of aromatic amines is 1. The topological polar surface area (TPSA) is 40.7 Å². The molecule has 1 fully saturated rings. The van der Waals surface area contributed by atoms with Crippen LogP contribution in [0.3, 0.4) is 0 Å². The van der Waals surface area contributed by atoms with Gasteiger partial charge in [0.15, 0.2) is 0 Å². The van der Waals surface area contributed by atoms with Crippen LogP contribution in [0.5, 0.6) is 0 Å². The molecule has 84 valence electrons. The summed E-state index contributed by atoms with van der Waals surface area (Å²) in [6, 6.07) is 3.47. The Morgan fingerprint density at radius 1 is 1.44 bits per heavy atom. The molecule has 2 heterocycles. The van der Waals surface area contributed by atoms with E-state index in [1.165, 1.54) is 12.5 Å². The Bertz CT molecular complexity index is 492. The van der Waals surface area contributed by atoms with E-state index < -0.39 is 0 Å². The van der Waals surface area contributed by atoms with Crippen LogP contribution >= 0.6 is 15.9 Å². The van der Waals surface area contributed by atoms with Crippen molar-refractivity contribution in [2.45, 2.75) is 18.9 Å². The van der Waals surface area contributed by atoms with Crippen molar-refractivity contribution in [3.05, 3.63) is 28.2 Å². The normalized spacial score (nSPS) is 20.8. The van der Waals surface area contributed by atoms with Crippen LogP contribution in [-0.2, 0) is 0 Å². The monoisotopic (exact) mass is 283 g/mol. The number of nitrogens with one attached hydrogen (secondary N) is 2. The summed E-state index contributed by atoms with van der Waals surface area (Å²) in [5.74, 6) is 0.634. The summed E-state index contributed by atoms with van der Waals surface area (Å²) in [6.07, 6.45) is 2.25. The van der Waals surface area contributed by atoms with Gasteiger partial charge in [-0.2, -0.15) is 0 Å². The van der Waals surface area contributed by atoms with Gasteiger partial charge in [-0.25, -0.2) is 9.37 Å². The smallest absolute Gasteiger partial charge is 0.139 e. The van der Waals surface area contributed by atoms with E-state index in [1.807, 2.05) is 0 Å². The Balaban J connectivity index is 2.08. The predicted molar refractivity (Wildman–Crippen MR) is 63.7 cm³/mol. The summed E-state index contributed by atoms with van der Waals surface area (Å²) in [7, 11) is 0. The fraction of sp³-hybridized carbons (Fsp3) is 0.364. The Hall–Kier alpha value is -0.940. The minimum absolute atomic E-state index is 0.273. The molecule has 2 N–H and O–H groups in total. The van der Waals surface area contributed by atoms with Gasteiger partial charge in [0, 0.05) is 6.07 Å². The molecular formula is C11H11BrFN3. The van der Waals surface area contributed by atoms with E-state index in [9.17, 15) is 4.39 Å². The third-order valence-corrected chi connectivity index (χ3v) is 3.54. The molecule has 3 rings (SSSR count). The van der Waals surface area contributed by atoms with E-state index >= 15 is 0 Å². The second kappa shape index (κ2) is 3.82. The van der Waals surface area contributed by atoms with E-state index in [1.54, 1.807) is 6.07 Å². The summed E-state index contributed by atoms with van der Waals surface area (Å²) < 4.78 is 13.8. The second-order valence-corrected chi connectivity index (χ2v) is 4.91. The first-order valence-electron chi connectivity index (χ1n) is 5.32. The third kappa shape index (κ3) is 1.64. The SMILES string of the molecule is Fc1cc2nc(C3CCCN3)[nH]c2cc1Br. The van der Waals surface area contributed by atoms with Crippen molar-refractivity contribution in [2.75, 3.05) is 6.54 Å². The van der Waals surface area contributed by atoms with E-state index in [-0.39, 0.29) is 11.9 Å². The molecule has 0 aliphatic carbocycles. The number of benzene rings is 1. The molecule has 1 atom stereocenters. The van der Waals surface area contributed by atoms with E-state index in [0.29, 0.717) is 9.99 Å². The molecule has 3 nitrogen and oxygen atoms in total. The molecular weight excluding hydrogens is 273 g/mol. The highest BCUT2D eigenvalue weighted by Gasteiger charge is 2.19. The number of aromatic nitrogens is 2. The van der Waals surface area contributed by atoms with Gasteiger partial charge < -0.3 is 10.3 Å². The Kier molecular flexibility index (Phi) is 2.44. The number of nitrogens with zero attached hydrogens (tertiary/aromatic N) is 1. The zero-order valence-electron chi connectivity index (χ0n) is 8.56. The standard InChI is InChI=1S/C11H11BrFN3/c12-6-4-9-10(5-7(6)13)16-11(15-9)8-2-1-3-14-8/h4-5,8,14H,1-3H2,(H,15,16). The molecule has 1 aliphatic rings. The van der Waals surface area contributed by atoms with Gasteiger partial charge in [-0.3, -0.25) is 0 Å². The maximum Gasteiger partial charge on any atom is 0.139 e. The zero-order chi connectivity index (χ0) is 11.1. The molecule has 1 aromatic heterocycles. The molecule has 0 spiro atoms. The minimum Gasteiger partial charge on any atom is -0.341 e. The molecule has 1 aliphatic heterocycles. The highest BCUT2D eigenvalue weighted by atomic mass is 79.9. The number of rotatable bonds is 1. The maximum absolute atomic E-state index is 13.3. The lowest BCUT2D eigenvalue weighted by Crippen LogP contribution is -2.13. The van der Waals surface area contributed by atoms with Crippen molar-refractivity contribution in [3.8, 4) is 0 Å². The molecule has 0 radical (unpaired) electrons. The molecule has 1 aromatic carbocycles. The van der Waals surface area contributed by atoms with Crippen LogP contribution in [0.4, 0.5) is 4.39 Å². The van der Waals surface area contributed by atoms with E-state index in [2.05, 4.69) is 31.2 Å². The zero-order valence-corrected chi connectivity index (χ0v) is 10.1. The van der Waals surface area contributed by atoms with Gasteiger partial charge >= 0.3 is 0 Å². The van der Waals surface area contributed by atoms with Crippen LogP contribution in [0, 0.1) is 5.82 Å².